The van der Waals surface area contributed by atoms with Crippen LogP contribution in [-0.4, -0.2) is 45.7 Å². The Morgan fingerprint density at radius 1 is 0.949 bits per heavy atom. The molecule has 1 heterocycles. The van der Waals surface area contributed by atoms with Crippen molar-refractivity contribution in [3.05, 3.63) is 107 Å². The number of carbonyl (C=O) groups is 2. The Morgan fingerprint density at radius 3 is 2.33 bits per heavy atom. The quantitative estimate of drug-likeness (QED) is 0.249. The molecule has 0 aliphatic heterocycles. The molecule has 0 spiro atoms. The van der Waals surface area contributed by atoms with Crippen LogP contribution in [0.1, 0.15) is 40.9 Å². The molecule has 4 aromatic rings. The average molecular weight is 540 g/mol. The van der Waals surface area contributed by atoms with E-state index in [4.69, 9.17) is 0 Å². The summed E-state index contributed by atoms with van der Waals surface area (Å²) in [6.45, 7) is 3.61. The van der Waals surface area contributed by atoms with Gasteiger partial charge in [-0.25, -0.2) is 4.39 Å². The molecule has 9 heteroatoms. The van der Waals surface area contributed by atoms with E-state index in [-0.39, 0.29) is 37.1 Å². The summed E-state index contributed by atoms with van der Waals surface area (Å²) in [6.07, 6.45) is -2.09. The highest BCUT2D eigenvalue weighted by molar-refractivity contribution is 5.96. The van der Waals surface area contributed by atoms with Crippen molar-refractivity contribution >= 4 is 22.7 Å². The number of amides is 2. The van der Waals surface area contributed by atoms with E-state index in [0.29, 0.717) is 12.0 Å². The van der Waals surface area contributed by atoms with Crippen molar-refractivity contribution in [1.82, 2.24) is 14.8 Å². The number of nitrogens with one attached hydrogen (secondary N) is 1. The maximum absolute atomic E-state index is 13.8. The van der Waals surface area contributed by atoms with Gasteiger partial charge in [-0.1, -0.05) is 36.4 Å². The fraction of sp³-hybridized carbons (Fsp3) is 0.267. The van der Waals surface area contributed by atoms with Crippen LogP contribution in [0.15, 0.2) is 79.0 Å². The predicted octanol–water partition coefficient (Wildman–Crippen LogP) is 6.45. The zero-order valence-electron chi connectivity index (χ0n) is 21.6. The number of carbonyl (C=O) groups excluding carboxylic acids is 2. The lowest BCUT2D eigenvalue weighted by Crippen LogP contribution is -2.46. The van der Waals surface area contributed by atoms with Gasteiger partial charge in [0.15, 0.2) is 0 Å². The normalized spacial score (nSPS) is 11.7. The molecule has 2 amide bonds. The van der Waals surface area contributed by atoms with Crippen molar-refractivity contribution in [3.8, 4) is 0 Å². The van der Waals surface area contributed by atoms with Gasteiger partial charge in [0, 0.05) is 41.8 Å². The van der Waals surface area contributed by atoms with E-state index in [9.17, 15) is 27.2 Å². The number of rotatable bonds is 9. The molecule has 0 radical (unpaired) electrons. The minimum atomic E-state index is -4.46. The summed E-state index contributed by atoms with van der Waals surface area (Å²) >= 11 is 0. The molecular weight excluding hydrogens is 510 g/mol. The van der Waals surface area contributed by atoms with E-state index in [1.165, 1.54) is 35.2 Å². The second-order valence-corrected chi connectivity index (χ2v) is 9.66. The van der Waals surface area contributed by atoms with Crippen molar-refractivity contribution in [3.63, 3.8) is 0 Å². The minimum absolute atomic E-state index is 0.0689. The van der Waals surface area contributed by atoms with Gasteiger partial charge in [0.2, 0.25) is 5.91 Å². The van der Waals surface area contributed by atoms with Gasteiger partial charge >= 0.3 is 6.18 Å². The topological polar surface area (TPSA) is 56.4 Å². The van der Waals surface area contributed by atoms with Crippen LogP contribution < -0.4 is 0 Å². The molecule has 0 atom stereocenters. The van der Waals surface area contributed by atoms with E-state index in [2.05, 4.69) is 4.98 Å². The third kappa shape index (κ3) is 6.85. The van der Waals surface area contributed by atoms with Gasteiger partial charge in [-0.3, -0.25) is 9.59 Å². The first-order valence-corrected chi connectivity index (χ1v) is 12.6. The summed E-state index contributed by atoms with van der Waals surface area (Å²) in [5.74, 6) is -1.41. The molecule has 0 saturated heterocycles. The SMILES string of the molecule is CC(C)N(CC(=O)N(CCc1c[nH]c2ccccc12)Cc1ccc(C(F)(F)F)cc1)C(=O)c1cccc(F)c1. The second kappa shape index (κ2) is 11.7. The first-order valence-electron chi connectivity index (χ1n) is 12.6. The number of fused-ring (bicyclic) bond motifs is 1. The Labute approximate surface area is 224 Å². The monoisotopic (exact) mass is 539 g/mol. The van der Waals surface area contributed by atoms with E-state index < -0.39 is 23.5 Å². The van der Waals surface area contributed by atoms with Crippen molar-refractivity contribution in [2.45, 2.75) is 39.0 Å². The number of H-pyrrole nitrogens is 1. The summed E-state index contributed by atoms with van der Waals surface area (Å²) in [6, 6.07) is 17.4. The summed E-state index contributed by atoms with van der Waals surface area (Å²) in [4.78, 5) is 32.8. The molecule has 204 valence electrons. The summed E-state index contributed by atoms with van der Waals surface area (Å²) in [5, 5.41) is 1.02. The number of para-hydroxylation sites is 1. The Hall–Kier alpha value is -4.14. The summed E-state index contributed by atoms with van der Waals surface area (Å²) in [7, 11) is 0. The fourth-order valence-electron chi connectivity index (χ4n) is 4.43. The van der Waals surface area contributed by atoms with Crippen molar-refractivity contribution in [2.24, 2.45) is 0 Å². The molecule has 4 rings (SSSR count). The number of aromatic amines is 1. The van der Waals surface area contributed by atoms with Gasteiger partial charge in [-0.2, -0.15) is 13.2 Å². The number of benzene rings is 3. The van der Waals surface area contributed by atoms with Crippen LogP contribution in [0.25, 0.3) is 10.9 Å². The Kier molecular flexibility index (Phi) is 8.38. The molecular formula is C30H29F4N3O2. The molecule has 0 unspecified atom stereocenters. The fourth-order valence-corrected chi connectivity index (χ4v) is 4.43. The largest absolute Gasteiger partial charge is 0.416 e. The average Bonchev–Trinajstić information content (AvgIpc) is 3.32. The lowest BCUT2D eigenvalue weighted by Gasteiger charge is -2.30. The smallest absolute Gasteiger partial charge is 0.361 e. The number of aromatic nitrogens is 1. The second-order valence-electron chi connectivity index (χ2n) is 9.66. The van der Waals surface area contributed by atoms with Gasteiger partial charge in [0.25, 0.3) is 5.91 Å². The number of hydrogen-bond donors (Lipinski definition) is 1. The predicted molar refractivity (Wildman–Crippen MR) is 141 cm³/mol. The van der Waals surface area contributed by atoms with Gasteiger partial charge in [0.05, 0.1) is 5.56 Å². The molecule has 1 N–H and O–H groups in total. The zero-order chi connectivity index (χ0) is 28.2. The van der Waals surface area contributed by atoms with Gasteiger partial charge in [0.1, 0.15) is 12.4 Å². The Morgan fingerprint density at radius 2 is 1.67 bits per heavy atom. The van der Waals surface area contributed by atoms with Crippen molar-refractivity contribution < 1.29 is 27.2 Å². The molecule has 0 saturated carbocycles. The number of halogens is 4. The van der Waals surface area contributed by atoms with Gasteiger partial charge in [-0.05, 0) is 67.8 Å². The van der Waals surface area contributed by atoms with Crippen LogP contribution >= 0.6 is 0 Å². The first-order chi connectivity index (χ1) is 18.5. The highest BCUT2D eigenvalue weighted by Gasteiger charge is 2.30. The molecule has 39 heavy (non-hydrogen) atoms. The first kappa shape index (κ1) is 27.9. The summed E-state index contributed by atoms with van der Waals surface area (Å²) < 4.78 is 52.9. The standard InChI is InChI=1S/C30H29F4N3O2/c1-20(2)37(29(39)22-6-5-7-25(31)16-22)19-28(38)36(18-21-10-12-24(13-11-21)30(32,33)34)15-14-23-17-35-27-9-4-3-8-26(23)27/h3-13,16-17,20,35H,14-15,18-19H2,1-2H3. The molecule has 5 nitrogen and oxygen atoms in total. The molecule has 1 aromatic heterocycles. The van der Waals surface area contributed by atoms with E-state index in [1.807, 2.05) is 30.5 Å². The van der Waals surface area contributed by atoms with E-state index in [0.717, 1.165) is 34.7 Å². The van der Waals surface area contributed by atoms with Gasteiger partial charge < -0.3 is 14.8 Å². The van der Waals surface area contributed by atoms with Crippen molar-refractivity contribution in [2.75, 3.05) is 13.1 Å². The lowest BCUT2D eigenvalue weighted by atomic mass is 10.1. The third-order valence-electron chi connectivity index (χ3n) is 6.59. The van der Waals surface area contributed by atoms with Crippen LogP contribution in [0.5, 0.6) is 0 Å². The molecule has 0 fully saturated rings. The van der Waals surface area contributed by atoms with Crippen LogP contribution in [0.4, 0.5) is 17.6 Å². The van der Waals surface area contributed by atoms with Crippen LogP contribution in [0, 0.1) is 5.82 Å². The van der Waals surface area contributed by atoms with Crippen molar-refractivity contribution in [1.29, 1.82) is 0 Å². The molecule has 0 bridgehead atoms. The van der Waals surface area contributed by atoms with Crippen LogP contribution in [0.3, 0.4) is 0 Å². The highest BCUT2D eigenvalue weighted by atomic mass is 19.4. The zero-order valence-corrected chi connectivity index (χ0v) is 21.6. The Bertz CT molecular complexity index is 1440. The van der Waals surface area contributed by atoms with E-state index >= 15 is 0 Å². The number of hydrogen-bond acceptors (Lipinski definition) is 2. The molecule has 3 aromatic carbocycles. The Balaban J connectivity index is 1.57. The number of alkyl halides is 3. The van der Waals surface area contributed by atoms with Gasteiger partial charge in [-0.15, -0.1) is 0 Å². The maximum Gasteiger partial charge on any atom is 0.416 e. The lowest BCUT2D eigenvalue weighted by molar-refractivity contribution is -0.137. The highest BCUT2D eigenvalue weighted by Crippen LogP contribution is 2.29. The molecule has 0 aliphatic carbocycles. The van der Waals surface area contributed by atoms with Crippen LogP contribution in [-0.2, 0) is 23.9 Å². The van der Waals surface area contributed by atoms with Crippen LogP contribution in [0.2, 0.25) is 0 Å². The third-order valence-corrected chi connectivity index (χ3v) is 6.59. The van der Waals surface area contributed by atoms with E-state index in [1.54, 1.807) is 18.7 Å². The minimum Gasteiger partial charge on any atom is -0.361 e. The number of nitrogens with zero attached hydrogens (tertiary/aromatic N) is 2. The summed E-state index contributed by atoms with van der Waals surface area (Å²) in [5.41, 5.74) is 1.84. The molecule has 0 aliphatic rings. The maximum atomic E-state index is 13.8.